The number of aryl methyl sites for hydroxylation is 1. The van der Waals surface area contributed by atoms with Gasteiger partial charge in [-0.15, -0.1) is 11.3 Å². The van der Waals surface area contributed by atoms with Gasteiger partial charge in [-0.3, -0.25) is 4.98 Å². The Morgan fingerprint density at radius 3 is 3.00 bits per heavy atom. The van der Waals surface area contributed by atoms with Gasteiger partial charge in [0, 0.05) is 22.9 Å². The summed E-state index contributed by atoms with van der Waals surface area (Å²) in [6, 6.07) is 3.44. The van der Waals surface area contributed by atoms with Crippen molar-refractivity contribution < 1.29 is 4.39 Å². The van der Waals surface area contributed by atoms with Crippen LogP contribution in [0.15, 0.2) is 18.3 Å². The van der Waals surface area contributed by atoms with Gasteiger partial charge >= 0.3 is 0 Å². The quantitative estimate of drug-likeness (QED) is 0.924. The van der Waals surface area contributed by atoms with Gasteiger partial charge in [0.25, 0.3) is 0 Å². The fourth-order valence-corrected chi connectivity index (χ4v) is 4.10. The van der Waals surface area contributed by atoms with Gasteiger partial charge in [0.2, 0.25) is 0 Å². The summed E-state index contributed by atoms with van der Waals surface area (Å²) in [6.07, 6.45) is 1.24. The molecule has 1 fully saturated rings. The van der Waals surface area contributed by atoms with Gasteiger partial charge in [-0.1, -0.05) is 0 Å². The van der Waals surface area contributed by atoms with Crippen LogP contribution < -0.4 is 5.32 Å². The highest BCUT2D eigenvalue weighted by Gasteiger charge is 2.20. The summed E-state index contributed by atoms with van der Waals surface area (Å²) in [5.74, 6) is 1.90. The lowest BCUT2D eigenvalue weighted by atomic mass is 10.2. The average Bonchev–Trinajstić information content (AvgIpc) is 2.83. The molecule has 2 aromatic rings. The Labute approximate surface area is 119 Å². The maximum absolute atomic E-state index is 12.9. The molecule has 0 aliphatic carbocycles. The molecule has 3 nitrogen and oxygen atoms in total. The molecule has 1 aliphatic heterocycles. The van der Waals surface area contributed by atoms with Crippen molar-refractivity contribution in [2.24, 2.45) is 0 Å². The van der Waals surface area contributed by atoms with Gasteiger partial charge in [0.15, 0.2) is 0 Å². The number of rotatable bonds is 2. The van der Waals surface area contributed by atoms with E-state index in [9.17, 15) is 4.39 Å². The van der Waals surface area contributed by atoms with E-state index in [-0.39, 0.29) is 5.82 Å². The van der Waals surface area contributed by atoms with Crippen LogP contribution in [0.2, 0.25) is 0 Å². The Morgan fingerprint density at radius 1 is 1.42 bits per heavy atom. The second-order valence-electron chi connectivity index (χ2n) is 4.40. The average molecular weight is 295 g/mol. The Kier molecular flexibility index (Phi) is 3.81. The molecule has 0 saturated carbocycles. The molecule has 6 heteroatoms. The molecule has 19 heavy (non-hydrogen) atoms. The summed E-state index contributed by atoms with van der Waals surface area (Å²) in [4.78, 5) is 9.93. The van der Waals surface area contributed by atoms with Gasteiger partial charge in [-0.2, -0.15) is 11.8 Å². The molecule has 100 valence electrons. The van der Waals surface area contributed by atoms with Gasteiger partial charge in [-0.25, -0.2) is 9.37 Å². The highest BCUT2D eigenvalue weighted by Crippen LogP contribution is 2.31. The molecule has 1 N–H and O–H groups in total. The minimum Gasteiger partial charge on any atom is -0.306 e. The molecule has 1 unspecified atom stereocenters. The summed E-state index contributed by atoms with van der Waals surface area (Å²) >= 11 is 3.65. The van der Waals surface area contributed by atoms with E-state index in [1.165, 1.54) is 12.3 Å². The van der Waals surface area contributed by atoms with Crippen molar-refractivity contribution >= 4 is 23.1 Å². The fraction of sp³-hybridized carbons (Fsp3) is 0.385. The Morgan fingerprint density at radius 2 is 2.32 bits per heavy atom. The molecule has 3 heterocycles. The maximum atomic E-state index is 12.9. The van der Waals surface area contributed by atoms with Crippen molar-refractivity contribution in [3.63, 3.8) is 0 Å². The molecule has 3 rings (SSSR count). The first-order valence-electron chi connectivity index (χ1n) is 6.14. The van der Waals surface area contributed by atoms with Crippen LogP contribution in [0.3, 0.4) is 0 Å². The predicted molar refractivity (Wildman–Crippen MR) is 78.1 cm³/mol. The summed E-state index contributed by atoms with van der Waals surface area (Å²) in [5, 5.41) is 4.59. The first-order valence-corrected chi connectivity index (χ1v) is 8.11. The molecule has 0 aromatic carbocycles. The smallest absolute Gasteiger partial charge is 0.141 e. The third kappa shape index (κ3) is 2.80. The largest absolute Gasteiger partial charge is 0.306 e. The summed E-state index contributed by atoms with van der Waals surface area (Å²) in [7, 11) is 0. The van der Waals surface area contributed by atoms with E-state index in [4.69, 9.17) is 4.98 Å². The zero-order chi connectivity index (χ0) is 13.2. The lowest BCUT2D eigenvalue weighted by Crippen LogP contribution is -2.30. The first kappa shape index (κ1) is 13.0. The van der Waals surface area contributed by atoms with Gasteiger partial charge < -0.3 is 5.32 Å². The van der Waals surface area contributed by atoms with Crippen LogP contribution in [0.1, 0.15) is 15.9 Å². The number of halogens is 1. The Balaban J connectivity index is 1.90. The van der Waals surface area contributed by atoms with Crippen LogP contribution in [0.25, 0.3) is 11.4 Å². The molecule has 0 radical (unpaired) electrons. The standard InChI is InChI=1S/C13H14FN3S2/c1-8-12(10-3-2-9(14)6-16-10)17-13(19-8)11-7-18-5-4-15-11/h2-3,6,11,15H,4-5,7H2,1H3. The molecule has 0 bridgehead atoms. The van der Waals surface area contributed by atoms with E-state index in [1.807, 2.05) is 18.7 Å². The number of nitrogens with zero attached hydrogens (tertiary/aromatic N) is 2. The van der Waals surface area contributed by atoms with Crippen LogP contribution in [0.4, 0.5) is 4.39 Å². The number of thiazole rings is 1. The fourth-order valence-electron chi connectivity index (χ4n) is 2.04. The number of pyridine rings is 1. The second kappa shape index (κ2) is 5.56. The molecule has 1 saturated heterocycles. The van der Waals surface area contributed by atoms with Crippen molar-refractivity contribution in [3.05, 3.63) is 34.0 Å². The SMILES string of the molecule is Cc1sc(C2CSCCN2)nc1-c1ccc(F)cn1. The number of hydrogen-bond acceptors (Lipinski definition) is 5. The van der Waals surface area contributed by atoms with Gasteiger partial charge in [0.1, 0.15) is 16.5 Å². The van der Waals surface area contributed by atoms with Crippen LogP contribution in [0.5, 0.6) is 0 Å². The molecule has 2 aromatic heterocycles. The van der Waals surface area contributed by atoms with Crippen molar-refractivity contribution in [2.45, 2.75) is 13.0 Å². The van der Waals surface area contributed by atoms with Crippen molar-refractivity contribution in [1.29, 1.82) is 0 Å². The van der Waals surface area contributed by atoms with E-state index >= 15 is 0 Å². The van der Waals surface area contributed by atoms with E-state index in [1.54, 1.807) is 17.4 Å². The zero-order valence-corrected chi connectivity index (χ0v) is 12.2. The summed E-state index contributed by atoms with van der Waals surface area (Å²) < 4.78 is 12.9. The number of thioether (sulfide) groups is 1. The second-order valence-corrected chi connectivity index (χ2v) is 6.78. The minimum absolute atomic E-state index is 0.317. The Bertz CT molecular complexity index is 562. The van der Waals surface area contributed by atoms with Crippen LogP contribution in [-0.2, 0) is 0 Å². The molecule has 0 spiro atoms. The van der Waals surface area contributed by atoms with Crippen LogP contribution in [-0.4, -0.2) is 28.0 Å². The Hall–Kier alpha value is -0.980. The van der Waals surface area contributed by atoms with E-state index < -0.39 is 0 Å². The van der Waals surface area contributed by atoms with Crippen molar-refractivity contribution in [3.8, 4) is 11.4 Å². The lowest BCUT2D eigenvalue weighted by molar-refractivity contribution is 0.592. The van der Waals surface area contributed by atoms with Gasteiger partial charge in [0.05, 0.1) is 17.9 Å². The van der Waals surface area contributed by atoms with E-state index in [2.05, 4.69) is 10.3 Å². The molecular formula is C13H14FN3S2. The first-order chi connectivity index (χ1) is 9.24. The zero-order valence-electron chi connectivity index (χ0n) is 10.5. The summed E-state index contributed by atoms with van der Waals surface area (Å²) in [5.41, 5.74) is 1.61. The lowest BCUT2D eigenvalue weighted by Gasteiger charge is -2.20. The monoisotopic (exact) mass is 295 g/mol. The molecule has 0 amide bonds. The number of nitrogens with one attached hydrogen (secondary N) is 1. The van der Waals surface area contributed by atoms with Crippen LogP contribution >= 0.6 is 23.1 Å². The highest BCUT2D eigenvalue weighted by atomic mass is 32.2. The number of aromatic nitrogens is 2. The third-order valence-electron chi connectivity index (χ3n) is 3.00. The highest BCUT2D eigenvalue weighted by molar-refractivity contribution is 7.99. The molecular weight excluding hydrogens is 281 g/mol. The normalized spacial score (nSPS) is 19.6. The van der Waals surface area contributed by atoms with Crippen molar-refractivity contribution in [1.82, 2.24) is 15.3 Å². The number of hydrogen-bond donors (Lipinski definition) is 1. The molecule has 1 atom stereocenters. The van der Waals surface area contributed by atoms with E-state index in [0.29, 0.717) is 6.04 Å². The third-order valence-corrected chi connectivity index (χ3v) is 5.15. The van der Waals surface area contributed by atoms with E-state index in [0.717, 1.165) is 39.3 Å². The minimum atomic E-state index is -0.317. The molecule has 1 aliphatic rings. The predicted octanol–water partition coefficient (Wildman–Crippen LogP) is 3.03. The summed E-state index contributed by atoms with van der Waals surface area (Å²) in [6.45, 7) is 3.07. The van der Waals surface area contributed by atoms with Crippen LogP contribution in [0, 0.1) is 12.7 Å². The topological polar surface area (TPSA) is 37.8 Å². The van der Waals surface area contributed by atoms with Crippen molar-refractivity contribution in [2.75, 3.05) is 18.1 Å². The maximum Gasteiger partial charge on any atom is 0.141 e. The van der Waals surface area contributed by atoms with Gasteiger partial charge in [-0.05, 0) is 19.1 Å².